The van der Waals surface area contributed by atoms with Gasteiger partial charge in [-0.15, -0.1) is 5.10 Å². The van der Waals surface area contributed by atoms with Crippen molar-refractivity contribution in [3.8, 4) is 5.75 Å². The zero-order valence-corrected chi connectivity index (χ0v) is 18.8. The highest BCUT2D eigenvalue weighted by Crippen LogP contribution is 2.26. The highest BCUT2D eigenvalue weighted by Gasteiger charge is 2.19. The van der Waals surface area contributed by atoms with Crippen molar-refractivity contribution in [3.05, 3.63) is 60.3 Å². The first kappa shape index (κ1) is 22.3. The third-order valence-electron chi connectivity index (χ3n) is 5.27. The average Bonchev–Trinajstić information content (AvgIpc) is 3.35. The lowest BCUT2D eigenvalue weighted by molar-refractivity contribution is 0.0997. The van der Waals surface area contributed by atoms with Crippen molar-refractivity contribution in [2.45, 2.75) is 17.7 Å². The van der Waals surface area contributed by atoms with Gasteiger partial charge in [-0.25, -0.2) is 8.42 Å². The molecule has 1 aromatic heterocycles. The van der Waals surface area contributed by atoms with E-state index in [-0.39, 0.29) is 16.2 Å². The van der Waals surface area contributed by atoms with Gasteiger partial charge in [0.15, 0.2) is 5.82 Å². The smallest absolute Gasteiger partial charge is 0.261 e. The molecule has 4 N–H and O–H groups in total. The maximum absolute atomic E-state index is 12.8. The summed E-state index contributed by atoms with van der Waals surface area (Å²) in [5.74, 6) is 0.0231. The Bertz CT molecular complexity index is 1260. The summed E-state index contributed by atoms with van der Waals surface area (Å²) in [6.45, 7) is 2.02. The molecule has 3 aromatic rings. The molecule has 10 nitrogen and oxygen atoms in total. The number of rotatable bonds is 8. The van der Waals surface area contributed by atoms with E-state index < -0.39 is 15.9 Å². The van der Waals surface area contributed by atoms with Crippen LogP contribution < -0.4 is 25.4 Å². The van der Waals surface area contributed by atoms with Gasteiger partial charge in [-0.3, -0.25) is 9.52 Å². The summed E-state index contributed by atoms with van der Waals surface area (Å²) < 4.78 is 33.1. The van der Waals surface area contributed by atoms with E-state index in [2.05, 4.69) is 25.1 Å². The summed E-state index contributed by atoms with van der Waals surface area (Å²) in [6, 6.07) is 12.6. The maximum Gasteiger partial charge on any atom is 0.261 e. The summed E-state index contributed by atoms with van der Waals surface area (Å²) in [7, 11) is -2.57. The summed E-state index contributed by atoms with van der Waals surface area (Å²) in [4.78, 5) is 13.8. The van der Waals surface area contributed by atoms with Crippen molar-refractivity contribution < 1.29 is 17.9 Å². The first-order valence-electron chi connectivity index (χ1n) is 10.3. The quantitative estimate of drug-likeness (QED) is 0.458. The van der Waals surface area contributed by atoms with Gasteiger partial charge in [0, 0.05) is 30.5 Å². The molecule has 0 radical (unpaired) electrons. The van der Waals surface area contributed by atoms with Crippen molar-refractivity contribution in [3.63, 3.8) is 0 Å². The summed E-state index contributed by atoms with van der Waals surface area (Å²) >= 11 is 0. The summed E-state index contributed by atoms with van der Waals surface area (Å²) in [5, 5.41) is 11.4. The Morgan fingerprint density at radius 3 is 2.42 bits per heavy atom. The molecule has 0 aliphatic carbocycles. The van der Waals surface area contributed by atoms with Crippen molar-refractivity contribution in [2.24, 2.45) is 5.73 Å². The van der Waals surface area contributed by atoms with E-state index in [1.807, 2.05) is 6.07 Å². The third kappa shape index (κ3) is 5.14. The standard InChI is InChI=1S/C22H24N6O4S/c1-32-20-9-8-18(13-19(20)22(23)29)33(30,31)27-16-6-4-15(5-7-16)25-21-12-17(14-24-26-21)28-10-2-3-11-28/h4-9,12-14,27H,2-3,10-11H2,1H3,(H2,23,29)(H,25,26). The Balaban J connectivity index is 1.47. The molecule has 0 saturated carbocycles. The maximum atomic E-state index is 12.8. The van der Waals surface area contributed by atoms with Crippen LogP contribution in [0.1, 0.15) is 23.2 Å². The van der Waals surface area contributed by atoms with Gasteiger partial charge in [0.05, 0.1) is 29.5 Å². The van der Waals surface area contributed by atoms with Crippen molar-refractivity contribution in [1.82, 2.24) is 10.2 Å². The number of amides is 1. The second kappa shape index (κ2) is 9.33. The molecule has 1 aliphatic rings. The van der Waals surface area contributed by atoms with E-state index in [9.17, 15) is 13.2 Å². The van der Waals surface area contributed by atoms with Crippen LogP contribution in [0.15, 0.2) is 59.6 Å². The fraction of sp³-hybridized carbons (Fsp3) is 0.227. The first-order chi connectivity index (χ1) is 15.9. The van der Waals surface area contributed by atoms with Crippen LogP contribution in [0.2, 0.25) is 0 Å². The number of nitrogens with one attached hydrogen (secondary N) is 2. The van der Waals surface area contributed by atoms with Gasteiger partial charge in [-0.1, -0.05) is 0 Å². The Hall–Kier alpha value is -3.86. The van der Waals surface area contributed by atoms with Crippen molar-refractivity contribution >= 4 is 38.8 Å². The molecule has 2 heterocycles. The van der Waals surface area contributed by atoms with E-state index in [4.69, 9.17) is 10.5 Å². The van der Waals surface area contributed by atoms with E-state index in [1.54, 1.807) is 30.5 Å². The first-order valence-corrected chi connectivity index (χ1v) is 11.8. The molecule has 4 rings (SSSR count). The highest BCUT2D eigenvalue weighted by atomic mass is 32.2. The van der Waals surface area contributed by atoms with Crippen LogP contribution in [0, 0.1) is 0 Å². The Morgan fingerprint density at radius 2 is 1.76 bits per heavy atom. The Kier molecular flexibility index (Phi) is 6.31. The molecule has 172 valence electrons. The normalized spacial score (nSPS) is 13.5. The van der Waals surface area contributed by atoms with Gasteiger partial charge in [0.25, 0.3) is 15.9 Å². The molecule has 0 bridgehead atoms. The number of primary amides is 1. The van der Waals surface area contributed by atoms with Crippen LogP contribution in [-0.2, 0) is 10.0 Å². The molecule has 0 unspecified atom stereocenters. The molecule has 1 aliphatic heterocycles. The molecule has 11 heteroatoms. The van der Waals surface area contributed by atoms with E-state index in [0.29, 0.717) is 11.5 Å². The second-order valence-corrected chi connectivity index (χ2v) is 9.21. The number of anilines is 4. The number of ether oxygens (including phenoxy) is 1. The summed E-state index contributed by atoms with van der Waals surface area (Å²) in [5.41, 5.74) is 7.41. The third-order valence-corrected chi connectivity index (χ3v) is 6.65. The van der Waals surface area contributed by atoms with Crippen LogP contribution in [0.5, 0.6) is 5.75 Å². The Morgan fingerprint density at radius 1 is 1.06 bits per heavy atom. The molecule has 2 aromatic carbocycles. The molecular weight excluding hydrogens is 444 g/mol. The summed E-state index contributed by atoms with van der Waals surface area (Å²) in [6.07, 6.45) is 4.09. The molecule has 1 saturated heterocycles. The fourth-order valence-electron chi connectivity index (χ4n) is 3.60. The number of carbonyl (C=O) groups is 1. The van der Waals surface area contributed by atoms with Crippen LogP contribution in [0.4, 0.5) is 22.9 Å². The predicted molar refractivity (Wildman–Crippen MR) is 126 cm³/mol. The van der Waals surface area contributed by atoms with Crippen molar-refractivity contribution in [2.75, 3.05) is 35.1 Å². The van der Waals surface area contributed by atoms with E-state index in [0.717, 1.165) is 24.5 Å². The number of nitrogens with zero attached hydrogens (tertiary/aromatic N) is 3. The van der Waals surface area contributed by atoms with Crippen LogP contribution in [0.3, 0.4) is 0 Å². The lowest BCUT2D eigenvalue weighted by Crippen LogP contribution is -2.18. The largest absolute Gasteiger partial charge is 0.496 e. The number of hydrogen-bond acceptors (Lipinski definition) is 8. The van der Waals surface area contributed by atoms with Gasteiger partial charge >= 0.3 is 0 Å². The lowest BCUT2D eigenvalue weighted by Gasteiger charge is -2.17. The molecule has 0 atom stereocenters. The number of nitrogens with two attached hydrogens (primary N) is 1. The minimum atomic E-state index is -3.94. The minimum Gasteiger partial charge on any atom is -0.496 e. The molecule has 0 spiro atoms. The number of aromatic nitrogens is 2. The average molecular weight is 469 g/mol. The number of hydrogen-bond donors (Lipinski definition) is 3. The van der Waals surface area contributed by atoms with Crippen LogP contribution in [0.25, 0.3) is 0 Å². The second-order valence-electron chi connectivity index (χ2n) is 7.53. The minimum absolute atomic E-state index is 0.0165. The SMILES string of the molecule is COc1ccc(S(=O)(=O)Nc2ccc(Nc3cc(N4CCCC4)cnn3)cc2)cc1C(N)=O. The Labute approximate surface area is 191 Å². The van der Waals surface area contributed by atoms with Crippen molar-refractivity contribution in [1.29, 1.82) is 0 Å². The van der Waals surface area contributed by atoms with E-state index >= 15 is 0 Å². The van der Waals surface area contributed by atoms with Crippen LogP contribution >= 0.6 is 0 Å². The van der Waals surface area contributed by atoms with Gasteiger partial charge in [0.1, 0.15) is 5.75 Å². The van der Waals surface area contributed by atoms with Crippen LogP contribution in [-0.4, -0.2) is 44.7 Å². The van der Waals surface area contributed by atoms with Gasteiger partial charge in [-0.2, -0.15) is 5.10 Å². The molecule has 1 amide bonds. The molecular formula is C22H24N6O4S. The highest BCUT2D eigenvalue weighted by molar-refractivity contribution is 7.92. The number of methoxy groups -OCH3 is 1. The van der Waals surface area contributed by atoms with E-state index in [1.165, 1.54) is 38.2 Å². The van der Waals surface area contributed by atoms with Gasteiger partial charge < -0.3 is 20.7 Å². The predicted octanol–water partition coefficient (Wildman–Crippen LogP) is 2.73. The number of carbonyl (C=O) groups excluding carboxylic acids is 1. The fourth-order valence-corrected chi connectivity index (χ4v) is 4.68. The molecule has 33 heavy (non-hydrogen) atoms. The van der Waals surface area contributed by atoms with Gasteiger partial charge in [-0.05, 0) is 55.3 Å². The topological polar surface area (TPSA) is 140 Å². The van der Waals surface area contributed by atoms with Gasteiger partial charge in [0.2, 0.25) is 0 Å². The number of sulfonamides is 1. The number of benzene rings is 2. The molecule has 1 fully saturated rings. The lowest BCUT2D eigenvalue weighted by atomic mass is 10.2. The zero-order chi connectivity index (χ0) is 23.4. The zero-order valence-electron chi connectivity index (χ0n) is 18.0. The monoisotopic (exact) mass is 468 g/mol.